The molecule has 1 unspecified atom stereocenters. The van der Waals surface area contributed by atoms with E-state index in [4.69, 9.17) is 4.98 Å². The quantitative estimate of drug-likeness (QED) is 0.497. The van der Waals surface area contributed by atoms with E-state index in [2.05, 4.69) is 28.5 Å². The van der Waals surface area contributed by atoms with Crippen molar-refractivity contribution in [3.05, 3.63) is 83.2 Å². The van der Waals surface area contributed by atoms with E-state index in [-0.39, 0.29) is 11.9 Å². The number of nitrogens with one attached hydrogen (secondary N) is 1. The van der Waals surface area contributed by atoms with E-state index in [1.807, 2.05) is 49.5 Å². The lowest BCUT2D eigenvalue weighted by Crippen LogP contribution is -2.30. The molecule has 2 aromatic carbocycles. The van der Waals surface area contributed by atoms with Crippen LogP contribution in [0.4, 0.5) is 0 Å². The first-order valence-corrected chi connectivity index (χ1v) is 10.7. The van der Waals surface area contributed by atoms with E-state index in [9.17, 15) is 4.79 Å². The molecule has 0 saturated heterocycles. The number of pyridine rings is 1. The van der Waals surface area contributed by atoms with Crippen LogP contribution in [-0.2, 0) is 6.42 Å². The molecule has 1 aliphatic rings. The standard InChI is InChI=1S/C24H21N3OS/c1-15-9-10-18(14-25-15)24-27-21-12-11-17(13-22(21)29-24)23(28)26-20-8-4-6-16-5-2-3-7-19(16)20/h2-3,5,7,9-14,20H,4,6,8H2,1H3,(H,26,28). The van der Waals surface area contributed by atoms with Crippen molar-refractivity contribution in [3.63, 3.8) is 0 Å². The number of amides is 1. The number of thiazole rings is 1. The van der Waals surface area contributed by atoms with Gasteiger partial charge in [-0.1, -0.05) is 24.3 Å². The molecule has 1 atom stereocenters. The van der Waals surface area contributed by atoms with Gasteiger partial charge in [0.25, 0.3) is 5.91 Å². The average Bonchev–Trinajstić information content (AvgIpc) is 3.18. The van der Waals surface area contributed by atoms with Crippen LogP contribution in [0.15, 0.2) is 60.8 Å². The van der Waals surface area contributed by atoms with Crippen molar-refractivity contribution in [2.24, 2.45) is 0 Å². The second-order valence-corrected chi connectivity index (χ2v) is 8.54. The van der Waals surface area contributed by atoms with Crippen LogP contribution in [0.25, 0.3) is 20.8 Å². The number of hydrogen-bond acceptors (Lipinski definition) is 4. The maximum atomic E-state index is 12.9. The zero-order valence-corrected chi connectivity index (χ0v) is 17.0. The van der Waals surface area contributed by atoms with Gasteiger partial charge >= 0.3 is 0 Å². The second kappa shape index (κ2) is 7.41. The summed E-state index contributed by atoms with van der Waals surface area (Å²) < 4.78 is 1.01. The van der Waals surface area contributed by atoms with Gasteiger partial charge in [-0.2, -0.15) is 0 Å². The summed E-state index contributed by atoms with van der Waals surface area (Å²) in [6, 6.07) is 18.3. The van der Waals surface area contributed by atoms with Gasteiger partial charge in [0, 0.05) is 23.0 Å². The number of carbonyl (C=O) groups excluding carboxylic acids is 1. The second-order valence-electron chi connectivity index (χ2n) is 7.51. The molecule has 0 fully saturated rings. The summed E-state index contributed by atoms with van der Waals surface area (Å²) in [7, 11) is 0. The topological polar surface area (TPSA) is 54.9 Å². The maximum Gasteiger partial charge on any atom is 0.251 e. The molecule has 0 spiro atoms. The largest absolute Gasteiger partial charge is 0.345 e. The van der Waals surface area contributed by atoms with Gasteiger partial charge in [-0.25, -0.2) is 4.98 Å². The number of fused-ring (bicyclic) bond motifs is 2. The lowest BCUT2D eigenvalue weighted by molar-refractivity contribution is 0.0933. The molecule has 0 saturated carbocycles. The van der Waals surface area contributed by atoms with Crippen molar-refractivity contribution < 1.29 is 4.79 Å². The predicted molar refractivity (Wildman–Crippen MR) is 117 cm³/mol. The summed E-state index contributed by atoms with van der Waals surface area (Å²) in [6.45, 7) is 1.97. The number of carbonyl (C=O) groups is 1. The fourth-order valence-corrected chi connectivity index (χ4v) is 4.92. The van der Waals surface area contributed by atoms with Crippen LogP contribution >= 0.6 is 11.3 Å². The molecule has 2 aromatic heterocycles. The van der Waals surface area contributed by atoms with Gasteiger partial charge in [-0.15, -0.1) is 11.3 Å². The number of rotatable bonds is 3. The van der Waals surface area contributed by atoms with Crippen molar-refractivity contribution in [1.82, 2.24) is 15.3 Å². The Balaban J connectivity index is 1.40. The minimum absolute atomic E-state index is 0.0273. The molecule has 29 heavy (non-hydrogen) atoms. The van der Waals surface area contributed by atoms with E-state index < -0.39 is 0 Å². The highest BCUT2D eigenvalue weighted by atomic mass is 32.1. The normalized spacial score (nSPS) is 15.8. The third-order valence-corrected chi connectivity index (χ3v) is 6.55. The Morgan fingerprint density at radius 3 is 2.90 bits per heavy atom. The first-order valence-electron chi connectivity index (χ1n) is 9.90. The molecular weight excluding hydrogens is 378 g/mol. The first kappa shape index (κ1) is 18.0. The Labute approximate surface area is 173 Å². The Kier molecular flexibility index (Phi) is 4.60. The molecule has 1 amide bonds. The van der Waals surface area contributed by atoms with Crippen LogP contribution in [-0.4, -0.2) is 15.9 Å². The smallest absolute Gasteiger partial charge is 0.251 e. The molecule has 144 valence electrons. The highest BCUT2D eigenvalue weighted by Crippen LogP contribution is 2.32. The zero-order valence-electron chi connectivity index (χ0n) is 16.2. The van der Waals surface area contributed by atoms with Gasteiger partial charge in [0.2, 0.25) is 0 Å². The van der Waals surface area contributed by atoms with Crippen LogP contribution < -0.4 is 5.32 Å². The first-order chi connectivity index (χ1) is 14.2. The Morgan fingerprint density at radius 2 is 2.03 bits per heavy atom. The molecule has 2 heterocycles. The van der Waals surface area contributed by atoms with Crippen molar-refractivity contribution >= 4 is 27.5 Å². The zero-order chi connectivity index (χ0) is 19.8. The number of aromatic nitrogens is 2. The number of benzene rings is 2. The molecule has 5 rings (SSSR count). The lowest BCUT2D eigenvalue weighted by atomic mass is 9.87. The molecule has 4 aromatic rings. The summed E-state index contributed by atoms with van der Waals surface area (Å²) in [4.78, 5) is 22.0. The minimum Gasteiger partial charge on any atom is -0.345 e. The van der Waals surface area contributed by atoms with Gasteiger partial charge in [-0.05, 0) is 67.6 Å². The maximum absolute atomic E-state index is 12.9. The molecule has 1 N–H and O–H groups in total. The van der Waals surface area contributed by atoms with Crippen LogP contribution in [0.2, 0.25) is 0 Å². The third kappa shape index (κ3) is 3.54. The summed E-state index contributed by atoms with van der Waals surface area (Å²) in [5.41, 5.74) is 6.17. The molecule has 4 nitrogen and oxygen atoms in total. The number of hydrogen-bond donors (Lipinski definition) is 1. The van der Waals surface area contributed by atoms with Crippen LogP contribution in [0, 0.1) is 6.92 Å². The minimum atomic E-state index is -0.0273. The highest BCUT2D eigenvalue weighted by Gasteiger charge is 2.22. The van der Waals surface area contributed by atoms with E-state index in [1.54, 1.807) is 11.3 Å². The number of aryl methyl sites for hydroxylation is 2. The van der Waals surface area contributed by atoms with E-state index in [0.29, 0.717) is 5.56 Å². The molecule has 0 radical (unpaired) electrons. The van der Waals surface area contributed by atoms with Gasteiger partial charge in [0.1, 0.15) is 5.01 Å². The van der Waals surface area contributed by atoms with Gasteiger partial charge in [-0.3, -0.25) is 9.78 Å². The Hall–Kier alpha value is -3.05. The molecule has 0 aliphatic heterocycles. The van der Waals surface area contributed by atoms with Crippen molar-refractivity contribution in [2.75, 3.05) is 0 Å². The van der Waals surface area contributed by atoms with Crippen LogP contribution in [0.5, 0.6) is 0 Å². The molecule has 5 heteroatoms. The van der Waals surface area contributed by atoms with Crippen LogP contribution in [0.3, 0.4) is 0 Å². The highest BCUT2D eigenvalue weighted by molar-refractivity contribution is 7.21. The fourth-order valence-electron chi connectivity index (χ4n) is 3.93. The summed E-state index contributed by atoms with van der Waals surface area (Å²) in [6.07, 6.45) is 5.02. The molecule has 1 aliphatic carbocycles. The van der Waals surface area contributed by atoms with Gasteiger partial charge in [0.05, 0.1) is 16.3 Å². The van der Waals surface area contributed by atoms with Gasteiger partial charge in [0.15, 0.2) is 0 Å². The monoisotopic (exact) mass is 399 g/mol. The van der Waals surface area contributed by atoms with E-state index in [1.165, 1.54) is 11.1 Å². The van der Waals surface area contributed by atoms with Crippen molar-refractivity contribution in [3.8, 4) is 10.6 Å². The lowest BCUT2D eigenvalue weighted by Gasteiger charge is -2.26. The van der Waals surface area contributed by atoms with Crippen molar-refractivity contribution in [2.45, 2.75) is 32.2 Å². The number of nitrogens with zero attached hydrogens (tertiary/aromatic N) is 2. The average molecular weight is 400 g/mol. The Morgan fingerprint density at radius 1 is 1.14 bits per heavy atom. The van der Waals surface area contributed by atoms with Crippen molar-refractivity contribution in [1.29, 1.82) is 0 Å². The fraction of sp³-hybridized carbons (Fsp3) is 0.208. The molecule has 0 bridgehead atoms. The summed E-state index contributed by atoms with van der Waals surface area (Å²) in [5.74, 6) is -0.0273. The molecular formula is C24H21N3OS. The summed E-state index contributed by atoms with van der Waals surface area (Å²) in [5, 5.41) is 4.16. The Bertz CT molecular complexity index is 1200. The van der Waals surface area contributed by atoms with Crippen LogP contribution in [0.1, 0.15) is 46.1 Å². The van der Waals surface area contributed by atoms with E-state index >= 15 is 0 Å². The van der Waals surface area contributed by atoms with Gasteiger partial charge < -0.3 is 5.32 Å². The SMILES string of the molecule is Cc1ccc(-c2nc3ccc(C(=O)NC4CCCc5ccccc54)cc3s2)cn1. The predicted octanol–water partition coefficient (Wildman–Crippen LogP) is 5.47. The third-order valence-electron chi connectivity index (χ3n) is 5.48. The van der Waals surface area contributed by atoms with E-state index in [0.717, 1.165) is 45.7 Å². The summed E-state index contributed by atoms with van der Waals surface area (Å²) >= 11 is 1.59.